The van der Waals surface area contributed by atoms with Gasteiger partial charge in [0.15, 0.2) is 5.76 Å². The molecule has 1 aromatic carbocycles. The second kappa shape index (κ2) is 8.39. The SMILES string of the molecule is Cc1cc(Nc2ccc(F)cc2)cc([C@H]2CCCN(S(=O)(=O)c3c(C)noc3C)C2)n1. The summed E-state index contributed by atoms with van der Waals surface area (Å²) in [7, 11) is -3.70. The van der Waals surface area contributed by atoms with Gasteiger partial charge >= 0.3 is 0 Å². The quantitative estimate of drug-likeness (QED) is 0.626. The Balaban J connectivity index is 1.58. The van der Waals surface area contributed by atoms with Crippen LogP contribution in [0.1, 0.15) is 41.6 Å². The molecule has 1 saturated heterocycles. The fourth-order valence-electron chi connectivity index (χ4n) is 4.05. The fourth-order valence-corrected chi connectivity index (χ4v) is 5.86. The van der Waals surface area contributed by atoms with E-state index in [1.165, 1.54) is 16.4 Å². The molecule has 0 aliphatic carbocycles. The minimum atomic E-state index is -3.70. The Kier molecular flexibility index (Phi) is 5.81. The van der Waals surface area contributed by atoms with E-state index >= 15 is 0 Å². The van der Waals surface area contributed by atoms with Crippen LogP contribution in [0.15, 0.2) is 45.8 Å². The van der Waals surface area contributed by atoms with Gasteiger partial charge in [-0.25, -0.2) is 12.8 Å². The number of piperidine rings is 1. The Morgan fingerprint density at radius 2 is 1.87 bits per heavy atom. The maximum Gasteiger partial charge on any atom is 0.248 e. The number of hydrogen-bond acceptors (Lipinski definition) is 6. The molecule has 0 unspecified atom stereocenters. The number of benzene rings is 1. The van der Waals surface area contributed by atoms with Crippen molar-refractivity contribution in [2.75, 3.05) is 18.4 Å². The van der Waals surface area contributed by atoms with Crippen LogP contribution in [0.5, 0.6) is 0 Å². The third-order valence-corrected chi connectivity index (χ3v) is 7.58. The van der Waals surface area contributed by atoms with Crippen molar-refractivity contribution < 1.29 is 17.3 Å². The summed E-state index contributed by atoms with van der Waals surface area (Å²) in [5.74, 6) is -0.0179. The molecular weight excluding hydrogens is 419 g/mol. The van der Waals surface area contributed by atoms with Crippen molar-refractivity contribution in [1.82, 2.24) is 14.4 Å². The zero-order valence-electron chi connectivity index (χ0n) is 17.7. The normalized spacial score (nSPS) is 17.6. The topological polar surface area (TPSA) is 88.3 Å². The minimum absolute atomic E-state index is 0.0299. The van der Waals surface area contributed by atoms with E-state index in [0.717, 1.165) is 35.6 Å². The second-order valence-corrected chi connectivity index (χ2v) is 9.78. The molecule has 0 spiro atoms. The largest absolute Gasteiger partial charge is 0.360 e. The molecule has 1 aliphatic rings. The highest BCUT2D eigenvalue weighted by Gasteiger charge is 2.35. The molecule has 9 heteroatoms. The first kappa shape index (κ1) is 21.5. The van der Waals surface area contributed by atoms with Crippen LogP contribution in [-0.2, 0) is 10.0 Å². The van der Waals surface area contributed by atoms with E-state index in [0.29, 0.717) is 24.5 Å². The van der Waals surface area contributed by atoms with Crippen molar-refractivity contribution in [3.05, 3.63) is 65.1 Å². The number of sulfonamides is 1. The maximum absolute atomic E-state index is 13.2. The van der Waals surface area contributed by atoms with Gasteiger partial charge in [-0.1, -0.05) is 5.16 Å². The highest BCUT2D eigenvalue weighted by molar-refractivity contribution is 7.89. The van der Waals surface area contributed by atoms with E-state index in [1.807, 2.05) is 19.1 Å². The lowest BCUT2D eigenvalue weighted by molar-refractivity contribution is 0.312. The average Bonchev–Trinajstić information content (AvgIpc) is 3.08. The Morgan fingerprint density at radius 1 is 1.13 bits per heavy atom. The molecule has 31 heavy (non-hydrogen) atoms. The van der Waals surface area contributed by atoms with E-state index in [9.17, 15) is 12.8 Å². The number of hydrogen-bond donors (Lipinski definition) is 1. The number of aromatic nitrogens is 2. The highest BCUT2D eigenvalue weighted by atomic mass is 32.2. The van der Waals surface area contributed by atoms with Gasteiger partial charge in [0.1, 0.15) is 16.4 Å². The monoisotopic (exact) mass is 444 g/mol. The Morgan fingerprint density at radius 3 is 2.55 bits per heavy atom. The van der Waals surface area contributed by atoms with Crippen LogP contribution in [0, 0.1) is 26.6 Å². The van der Waals surface area contributed by atoms with Crippen LogP contribution in [0.3, 0.4) is 0 Å². The van der Waals surface area contributed by atoms with Gasteiger partial charge in [0.05, 0.1) is 0 Å². The van der Waals surface area contributed by atoms with Crippen molar-refractivity contribution in [2.45, 2.75) is 44.4 Å². The van der Waals surface area contributed by atoms with Crippen LogP contribution in [-0.4, -0.2) is 36.0 Å². The molecular formula is C22H25FN4O3S. The zero-order chi connectivity index (χ0) is 22.2. The number of aryl methyl sites for hydroxylation is 3. The summed E-state index contributed by atoms with van der Waals surface area (Å²) in [6, 6.07) is 9.99. The van der Waals surface area contributed by atoms with Crippen molar-refractivity contribution in [1.29, 1.82) is 0 Å². The third-order valence-electron chi connectivity index (χ3n) is 5.47. The lowest BCUT2D eigenvalue weighted by atomic mass is 9.95. The van der Waals surface area contributed by atoms with E-state index in [-0.39, 0.29) is 16.6 Å². The second-order valence-electron chi connectivity index (χ2n) is 7.91. The summed E-state index contributed by atoms with van der Waals surface area (Å²) < 4.78 is 46.2. The van der Waals surface area contributed by atoms with Gasteiger partial charge < -0.3 is 9.84 Å². The van der Waals surface area contributed by atoms with Crippen molar-refractivity contribution in [2.24, 2.45) is 0 Å². The Hall–Kier alpha value is -2.78. The number of halogens is 1. The highest BCUT2D eigenvalue weighted by Crippen LogP contribution is 2.33. The molecule has 1 atom stereocenters. The van der Waals surface area contributed by atoms with Crippen LogP contribution >= 0.6 is 0 Å². The molecule has 0 radical (unpaired) electrons. The molecule has 7 nitrogen and oxygen atoms in total. The van der Waals surface area contributed by atoms with Gasteiger partial charge in [0, 0.05) is 41.8 Å². The van der Waals surface area contributed by atoms with Crippen LogP contribution in [0.25, 0.3) is 0 Å². The maximum atomic E-state index is 13.2. The first-order valence-electron chi connectivity index (χ1n) is 10.2. The first-order valence-corrected chi connectivity index (χ1v) is 11.6. The summed E-state index contributed by atoms with van der Waals surface area (Å²) in [5.41, 5.74) is 3.64. The molecule has 0 saturated carbocycles. The standard InChI is InChI=1S/C22H25FN4O3S/c1-14-11-20(25-19-8-6-18(23)7-9-19)12-21(24-14)17-5-4-10-27(13-17)31(28,29)22-15(2)26-30-16(22)3/h6-9,11-12,17H,4-5,10,13H2,1-3H3,(H,24,25)/t17-/m0/s1. The molecule has 3 heterocycles. The summed E-state index contributed by atoms with van der Waals surface area (Å²) in [6.45, 7) is 5.96. The van der Waals surface area contributed by atoms with Crippen LogP contribution < -0.4 is 5.32 Å². The Labute approximate surface area is 181 Å². The molecule has 3 aromatic rings. The number of pyridine rings is 1. The Bertz CT molecular complexity index is 1170. The zero-order valence-corrected chi connectivity index (χ0v) is 18.5. The van der Waals surface area contributed by atoms with Gasteiger partial charge in [0.25, 0.3) is 0 Å². The minimum Gasteiger partial charge on any atom is -0.360 e. The lowest BCUT2D eigenvalue weighted by Gasteiger charge is -2.31. The smallest absolute Gasteiger partial charge is 0.248 e. The lowest BCUT2D eigenvalue weighted by Crippen LogP contribution is -2.39. The van der Waals surface area contributed by atoms with Crippen molar-refractivity contribution in [3.63, 3.8) is 0 Å². The molecule has 1 aliphatic heterocycles. The number of anilines is 2. The van der Waals surface area contributed by atoms with Gasteiger partial charge in [-0.15, -0.1) is 0 Å². The van der Waals surface area contributed by atoms with Gasteiger partial charge in [0.2, 0.25) is 10.0 Å². The van der Waals surface area contributed by atoms with Gasteiger partial charge in [-0.2, -0.15) is 4.31 Å². The third kappa shape index (κ3) is 4.47. The van der Waals surface area contributed by atoms with Crippen molar-refractivity contribution >= 4 is 21.4 Å². The predicted molar refractivity (Wildman–Crippen MR) is 115 cm³/mol. The molecule has 2 aromatic heterocycles. The summed E-state index contributed by atoms with van der Waals surface area (Å²) in [6.07, 6.45) is 1.59. The van der Waals surface area contributed by atoms with Gasteiger partial charge in [-0.05, 0) is 70.0 Å². The number of nitrogens with one attached hydrogen (secondary N) is 1. The van der Waals surface area contributed by atoms with Crippen LogP contribution in [0.2, 0.25) is 0 Å². The molecule has 0 amide bonds. The van der Waals surface area contributed by atoms with Gasteiger partial charge in [-0.3, -0.25) is 4.98 Å². The first-order chi connectivity index (χ1) is 14.7. The molecule has 1 N–H and O–H groups in total. The fraction of sp³-hybridized carbons (Fsp3) is 0.364. The van der Waals surface area contributed by atoms with Crippen LogP contribution in [0.4, 0.5) is 15.8 Å². The molecule has 4 rings (SSSR count). The predicted octanol–water partition coefficient (Wildman–Crippen LogP) is 4.45. The summed E-state index contributed by atoms with van der Waals surface area (Å²) in [4.78, 5) is 4.83. The molecule has 164 valence electrons. The van der Waals surface area contributed by atoms with E-state index in [4.69, 9.17) is 4.52 Å². The molecule has 1 fully saturated rings. The summed E-state index contributed by atoms with van der Waals surface area (Å²) in [5, 5.41) is 7.07. The van der Waals surface area contributed by atoms with E-state index in [1.54, 1.807) is 26.0 Å². The van der Waals surface area contributed by atoms with Crippen molar-refractivity contribution in [3.8, 4) is 0 Å². The van der Waals surface area contributed by atoms with E-state index in [2.05, 4.69) is 15.5 Å². The molecule has 0 bridgehead atoms. The summed E-state index contributed by atoms with van der Waals surface area (Å²) >= 11 is 0. The van der Waals surface area contributed by atoms with E-state index < -0.39 is 10.0 Å². The number of rotatable bonds is 5. The average molecular weight is 445 g/mol. The number of nitrogens with zero attached hydrogens (tertiary/aromatic N) is 3.